The molecule has 1 aliphatic rings. The highest BCUT2D eigenvalue weighted by atomic mass is 35.5. The van der Waals surface area contributed by atoms with Gasteiger partial charge in [0.25, 0.3) is 0 Å². The Morgan fingerprint density at radius 3 is 2.67 bits per heavy atom. The second-order valence-electron chi connectivity index (χ2n) is 7.13. The molecule has 1 unspecified atom stereocenters. The lowest BCUT2D eigenvalue weighted by atomic mass is 9.93. The van der Waals surface area contributed by atoms with Crippen molar-refractivity contribution in [3.63, 3.8) is 0 Å². The second kappa shape index (κ2) is 8.71. The van der Waals surface area contributed by atoms with Crippen LogP contribution < -0.4 is 0 Å². The van der Waals surface area contributed by atoms with E-state index in [1.807, 2.05) is 42.5 Å². The Hall–Kier alpha value is -3.12. The number of oxazole rings is 1. The summed E-state index contributed by atoms with van der Waals surface area (Å²) in [6.07, 6.45) is 2.56. The molecule has 154 valence electrons. The monoisotopic (exact) mass is 424 g/mol. The molecule has 4 rings (SSSR count). The predicted molar refractivity (Wildman–Crippen MR) is 112 cm³/mol. The van der Waals surface area contributed by atoms with Crippen LogP contribution in [0.1, 0.15) is 23.4 Å². The van der Waals surface area contributed by atoms with Crippen molar-refractivity contribution in [1.29, 1.82) is 0 Å². The van der Waals surface area contributed by atoms with Gasteiger partial charge in [0.15, 0.2) is 11.7 Å². The van der Waals surface area contributed by atoms with Crippen molar-refractivity contribution in [2.24, 2.45) is 0 Å². The van der Waals surface area contributed by atoms with Crippen molar-refractivity contribution >= 4 is 23.5 Å². The van der Waals surface area contributed by atoms with Crippen LogP contribution in [0.25, 0.3) is 11.3 Å². The Balaban J connectivity index is 1.47. The molecule has 6 nitrogen and oxygen atoms in total. The zero-order valence-electron chi connectivity index (χ0n) is 16.5. The fourth-order valence-electron chi connectivity index (χ4n) is 3.70. The van der Waals surface area contributed by atoms with Crippen LogP contribution in [0.15, 0.2) is 59.1 Å². The van der Waals surface area contributed by atoms with Gasteiger partial charge in [0.05, 0.1) is 18.3 Å². The molecule has 0 N–H and O–H groups in total. The van der Waals surface area contributed by atoms with Gasteiger partial charge in [-0.2, -0.15) is 0 Å². The molecule has 0 aliphatic carbocycles. The highest BCUT2D eigenvalue weighted by Crippen LogP contribution is 2.29. The van der Waals surface area contributed by atoms with Crippen molar-refractivity contribution < 1.29 is 18.7 Å². The normalized spacial score (nSPS) is 15.5. The number of ether oxygens (including phenoxy) is 1. The van der Waals surface area contributed by atoms with Crippen molar-refractivity contribution in [2.75, 3.05) is 7.11 Å². The van der Waals surface area contributed by atoms with Gasteiger partial charge in [-0.3, -0.25) is 4.79 Å². The van der Waals surface area contributed by atoms with Crippen LogP contribution >= 0.6 is 11.6 Å². The van der Waals surface area contributed by atoms with Crippen LogP contribution in [0.5, 0.6) is 0 Å². The SMILES string of the molecule is COC(=O)C1Cc2ccccc2CN1C(=O)CCc1ncc(-c2ccccc2Cl)o1. The van der Waals surface area contributed by atoms with Gasteiger partial charge in [0.2, 0.25) is 5.91 Å². The Kier molecular flexibility index (Phi) is 5.86. The van der Waals surface area contributed by atoms with Gasteiger partial charge < -0.3 is 14.1 Å². The Bertz CT molecular complexity index is 1080. The summed E-state index contributed by atoms with van der Waals surface area (Å²) in [5, 5.41) is 0.573. The minimum Gasteiger partial charge on any atom is -0.467 e. The van der Waals surface area contributed by atoms with E-state index in [1.165, 1.54) is 7.11 Å². The van der Waals surface area contributed by atoms with E-state index in [2.05, 4.69) is 4.98 Å². The highest BCUT2D eigenvalue weighted by Gasteiger charge is 2.35. The lowest BCUT2D eigenvalue weighted by molar-refractivity contribution is -0.154. The first-order chi connectivity index (χ1) is 14.6. The Labute approximate surface area is 179 Å². The lowest BCUT2D eigenvalue weighted by Crippen LogP contribution is -2.49. The average Bonchev–Trinajstić information content (AvgIpc) is 3.25. The van der Waals surface area contributed by atoms with Gasteiger partial charge in [-0.05, 0) is 23.3 Å². The van der Waals surface area contributed by atoms with Crippen LogP contribution in [0.2, 0.25) is 5.02 Å². The van der Waals surface area contributed by atoms with E-state index in [0.717, 1.165) is 16.7 Å². The molecule has 0 bridgehead atoms. The van der Waals surface area contributed by atoms with Gasteiger partial charge in [-0.1, -0.05) is 48.0 Å². The molecule has 30 heavy (non-hydrogen) atoms. The van der Waals surface area contributed by atoms with Crippen LogP contribution in [0.4, 0.5) is 0 Å². The molecular weight excluding hydrogens is 404 g/mol. The number of amides is 1. The van der Waals surface area contributed by atoms with E-state index < -0.39 is 12.0 Å². The number of aryl methyl sites for hydroxylation is 1. The largest absolute Gasteiger partial charge is 0.467 e. The average molecular weight is 425 g/mol. The van der Waals surface area contributed by atoms with Crippen LogP contribution in [-0.2, 0) is 33.7 Å². The maximum absolute atomic E-state index is 13.0. The molecule has 1 atom stereocenters. The van der Waals surface area contributed by atoms with Crippen LogP contribution in [0.3, 0.4) is 0 Å². The lowest BCUT2D eigenvalue weighted by Gasteiger charge is -2.35. The summed E-state index contributed by atoms with van der Waals surface area (Å²) < 4.78 is 10.7. The van der Waals surface area contributed by atoms with E-state index in [0.29, 0.717) is 36.1 Å². The third-order valence-electron chi connectivity index (χ3n) is 5.29. The van der Waals surface area contributed by atoms with E-state index in [-0.39, 0.29) is 12.3 Å². The number of carbonyl (C=O) groups is 2. The minimum atomic E-state index is -0.624. The number of esters is 1. The molecule has 0 saturated carbocycles. The first-order valence-electron chi connectivity index (χ1n) is 9.70. The summed E-state index contributed by atoms with van der Waals surface area (Å²) in [6.45, 7) is 0.380. The van der Waals surface area contributed by atoms with E-state index in [1.54, 1.807) is 17.2 Å². The Morgan fingerprint density at radius 1 is 1.17 bits per heavy atom. The summed E-state index contributed by atoms with van der Waals surface area (Å²) in [5.74, 6) is 0.458. The number of methoxy groups -OCH3 is 1. The van der Waals surface area contributed by atoms with E-state index in [4.69, 9.17) is 20.8 Å². The predicted octanol–water partition coefficient (Wildman–Crippen LogP) is 4.05. The molecule has 1 amide bonds. The zero-order chi connectivity index (χ0) is 21.1. The summed E-state index contributed by atoms with van der Waals surface area (Å²) in [4.78, 5) is 31.1. The quantitative estimate of drug-likeness (QED) is 0.577. The number of hydrogen-bond donors (Lipinski definition) is 0. The maximum atomic E-state index is 13.0. The van der Waals surface area contributed by atoms with Crippen molar-refractivity contribution in [1.82, 2.24) is 9.88 Å². The highest BCUT2D eigenvalue weighted by molar-refractivity contribution is 6.33. The molecule has 2 aromatic carbocycles. The molecule has 1 aliphatic heterocycles. The third-order valence-corrected chi connectivity index (χ3v) is 5.62. The molecule has 0 spiro atoms. The molecule has 7 heteroatoms. The minimum absolute atomic E-state index is 0.141. The van der Waals surface area contributed by atoms with Gasteiger partial charge in [0, 0.05) is 31.4 Å². The van der Waals surface area contributed by atoms with Crippen LogP contribution in [-0.4, -0.2) is 34.9 Å². The second-order valence-corrected chi connectivity index (χ2v) is 7.54. The molecule has 0 radical (unpaired) electrons. The number of aromatic nitrogens is 1. The van der Waals surface area contributed by atoms with Crippen molar-refractivity contribution in [3.8, 4) is 11.3 Å². The van der Waals surface area contributed by atoms with E-state index >= 15 is 0 Å². The topological polar surface area (TPSA) is 72.6 Å². The van der Waals surface area contributed by atoms with Gasteiger partial charge in [-0.25, -0.2) is 9.78 Å². The molecule has 1 aromatic heterocycles. The molecule has 3 aromatic rings. The van der Waals surface area contributed by atoms with Gasteiger partial charge in [0.1, 0.15) is 6.04 Å². The molecule has 0 saturated heterocycles. The summed E-state index contributed by atoms with van der Waals surface area (Å²) >= 11 is 6.21. The number of carbonyl (C=O) groups excluding carboxylic acids is 2. The number of rotatable bonds is 5. The number of nitrogens with zero attached hydrogens (tertiary/aromatic N) is 2. The van der Waals surface area contributed by atoms with E-state index in [9.17, 15) is 9.59 Å². The fourth-order valence-corrected chi connectivity index (χ4v) is 3.93. The molecule has 2 heterocycles. The fraction of sp³-hybridized carbons (Fsp3) is 0.261. The smallest absolute Gasteiger partial charge is 0.328 e. The maximum Gasteiger partial charge on any atom is 0.328 e. The number of fused-ring (bicyclic) bond motifs is 1. The summed E-state index contributed by atoms with van der Waals surface area (Å²) in [7, 11) is 1.34. The summed E-state index contributed by atoms with van der Waals surface area (Å²) in [6, 6.07) is 14.6. The van der Waals surface area contributed by atoms with Gasteiger partial charge >= 0.3 is 5.97 Å². The number of hydrogen-bond acceptors (Lipinski definition) is 5. The first kappa shape index (κ1) is 20.2. The van der Waals surface area contributed by atoms with Crippen molar-refractivity contribution in [3.05, 3.63) is 76.8 Å². The van der Waals surface area contributed by atoms with Crippen LogP contribution in [0, 0.1) is 0 Å². The number of halogens is 1. The number of benzene rings is 2. The van der Waals surface area contributed by atoms with Crippen molar-refractivity contribution in [2.45, 2.75) is 31.8 Å². The third kappa shape index (κ3) is 4.09. The molecule has 0 fully saturated rings. The molecular formula is C23H21ClN2O4. The standard InChI is InChI=1S/C23H21ClN2O4/c1-29-23(28)19-12-15-6-2-3-7-16(15)14-26(19)22(27)11-10-21-25-13-20(30-21)17-8-4-5-9-18(17)24/h2-9,13,19H,10-12,14H2,1H3. The Morgan fingerprint density at radius 2 is 1.90 bits per heavy atom. The zero-order valence-corrected chi connectivity index (χ0v) is 17.3. The first-order valence-corrected chi connectivity index (χ1v) is 10.1. The summed E-state index contributed by atoms with van der Waals surface area (Å²) in [5.41, 5.74) is 2.86. The van der Waals surface area contributed by atoms with Gasteiger partial charge in [-0.15, -0.1) is 0 Å².